The van der Waals surface area contributed by atoms with Crippen molar-refractivity contribution in [3.63, 3.8) is 0 Å². The van der Waals surface area contributed by atoms with E-state index < -0.39 is 0 Å². The van der Waals surface area contributed by atoms with Crippen LogP contribution in [0.4, 0.5) is 0 Å². The van der Waals surface area contributed by atoms with Crippen molar-refractivity contribution < 1.29 is 0 Å². The molecule has 1 aromatic heterocycles. The first-order valence-electron chi connectivity index (χ1n) is 7.47. The normalized spacial score (nSPS) is 26.8. The lowest BCUT2D eigenvalue weighted by Gasteiger charge is -2.21. The number of nitrogens with one attached hydrogen (secondary N) is 1. The molecule has 0 bridgehead atoms. The summed E-state index contributed by atoms with van der Waals surface area (Å²) in [7, 11) is 0. The highest BCUT2D eigenvalue weighted by molar-refractivity contribution is 5.09. The third-order valence-corrected chi connectivity index (χ3v) is 4.22. The summed E-state index contributed by atoms with van der Waals surface area (Å²) < 4.78 is 2.00. The van der Waals surface area contributed by atoms with Gasteiger partial charge in [0.05, 0.1) is 6.20 Å². The van der Waals surface area contributed by atoms with Crippen molar-refractivity contribution in [1.82, 2.24) is 15.1 Å². The Kier molecular flexibility index (Phi) is 4.81. The molecule has 1 heterocycles. The van der Waals surface area contributed by atoms with E-state index in [0.717, 1.165) is 12.5 Å². The van der Waals surface area contributed by atoms with E-state index in [2.05, 4.69) is 37.4 Å². The van der Waals surface area contributed by atoms with Gasteiger partial charge in [0.25, 0.3) is 0 Å². The molecule has 3 nitrogen and oxygen atoms in total. The SMILES string of the molecule is CCn1cc(C(C)NC2CCCC(C)CC2)cn1. The molecule has 3 unspecified atom stereocenters. The van der Waals surface area contributed by atoms with Crippen molar-refractivity contribution in [2.45, 2.75) is 71.5 Å². The smallest absolute Gasteiger partial charge is 0.0537 e. The fourth-order valence-electron chi connectivity index (χ4n) is 2.88. The standard InChI is InChI=1S/C15H27N3/c1-4-18-11-14(10-16-18)13(3)17-15-7-5-6-12(2)8-9-15/h10-13,15,17H,4-9H2,1-3H3. The molecule has 1 fully saturated rings. The molecule has 0 amide bonds. The predicted molar refractivity (Wildman–Crippen MR) is 75.5 cm³/mol. The monoisotopic (exact) mass is 249 g/mol. The quantitative estimate of drug-likeness (QED) is 0.827. The lowest BCUT2D eigenvalue weighted by atomic mass is 10.0. The van der Waals surface area contributed by atoms with Crippen LogP contribution in [0.3, 0.4) is 0 Å². The zero-order valence-electron chi connectivity index (χ0n) is 12.0. The second-order valence-electron chi connectivity index (χ2n) is 5.83. The van der Waals surface area contributed by atoms with E-state index in [0.29, 0.717) is 12.1 Å². The van der Waals surface area contributed by atoms with Crippen molar-refractivity contribution >= 4 is 0 Å². The van der Waals surface area contributed by atoms with Crippen molar-refractivity contribution in [2.24, 2.45) is 5.92 Å². The van der Waals surface area contributed by atoms with Crippen LogP contribution >= 0.6 is 0 Å². The topological polar surface area (TPSA) is 29.9 Å². The first-order valence-corrected chi connectivity index (χ1v) is 7.47. The van der Waals surface area contributed by atoms with Crippen LogP contribution in [-0.4, -0.2) is 15.8 Å². The summed E-state index contributed by atoms with van der Waals surface area (Å²) in [5, 5.41) is 8.14. The number of rotatable bonds is 4. The summed E-state index contributed by atoms with van der Waals surface area (Å²) in [6.07, 6.45) is 11.0. The molecule has 1 N–H and O–H groups in total. The van der Waals surface area contributed by atoms with Gasteiger partial charge in [0.15, 0.2) is 0 Å². The highest BCUT2D eigenvalue weighted by Gasteiger charge is 2.18. The Bertz CT molecular complexity index is 358. The van der Waals surface area contributed by atoms with Crippen LogP contribution in [0.15, 0.2) is 12.4 Å². The van der Waals surface area contributed by atoms with E-state index in [9.17, 15) is 0 Å². The van der Waals surface area contributed by atoms with Crippen LogP contribution in [0, 0.1) is 5.92 Å². The summed E-state index contributed by atoms with van der Waals surface area (Å²) in [4.78, 5) is 0. The fourth-order valence-corrected chi connectivity index (χ4v) is 2.88. The maximum absolute atomic E-state index is 4.36. The molecule has 102 valence electrons. The van der Waals surface area contributed by atoms with Gasteiger partial charge in [0.1, 0.15) is 0 Å². The summed E-state index contributed by atoms with van der Waals surface area (Å²) in [5.74, 6) is 0.912. The predicted octanol–water partition coefficient (Wildman–Crippen LogP) is 3.52. The van der Waals surface area contributed by atoms with Crippen LogP contribution in [0.25, 0.3) is 0 Å². The van der Waals surface area contributed by atoms with Crippen molar-refractivity contribution in [3.8, 4) is 0 Å². The third-order valence-electron chi connectivity index (χ3n) is 4.22. The molecule has 0 spiro atoms. The number of nitrogens with zero attached hydrogens (tertiary/aromatic N) is 2. The van der Waals surface area contributed by atoms with Gasteiger partial charge in [0.2, 0.25) is 0 Å². The molecule has 1 aliphatic carbocycles. The summed E-state index contributed by atoms with van der Waals surface area (Å²) in [6, 6.07) is 1.11. The number of hydrogen-bond donors (Lipinski definition) is 1. The maximum Gasteiger partial charge on any atom is 0.0537 e. The number of aryl methyl sites for hydroxylation is 1. The van der Waals surface area contributed by atoms with E-state index in [1.807, 2.05) is 10.9 Å². The Hall–Kier alpha value is -0.830. The molecule has 0 radical (unpaired) electrons. The molecule has 1 aromatic rings. The van der Waals surface area contributed by atoms with Crippen LogP contribution < -0.4 is 5.32 Å². The highest BCUT2D eigenvalue weighted by atomic mass is 15.3. The van der Waals surface area contributed by atoms with Crippen molar-refractivity contribution in [3.05, 3.63) is 18.0 Å². The van der Waals surface area contributed by atoms with Crippen LogP contribution in [-0.2, 0) is 6.54 Å². The highest BCUT2D eigenvalue weighted by Crippen LogP contribution is 2.24. The van der Waals surface area contributed by atoms with Gasteiger partial charge in [-0.25, -0.2) is 0 Å². The molecule has 1 saturated carbocycles. The van der Waals surface area contributed by atoms with Gasteiger partial charge in [-0.3, -0.25) is 4.68 Å². The zero-order chi connectivity index (χ0) is 13.0. The van der Waals surface area contributed by atoms with Gasteiger partial charge in [-0.1, -0.05) is 19.8 Å². The van der Waals surface area contributed by atoms with E-state index in [1.54, 1.807) is 0 Å². The van der Waals surface area contributed by atoms with Gasteiger partial charge >= 0.3 is 0 Å². The lowest BCUT2D eigenvalue weighted by molar-refractivity contribution is 0.408. The Labute approximate surface area is 111 Å². The lowest BCUT2D eigenvalue weighted by Crippen LogP contribution is -2.30. The first kappa shape index (κ1) is 13.6. The average molecular weight is 249 g/mol. The molecule has 1 aliphatic rings. The summed E-state index contributed by atoms with van der Waals surface area (Å²) >= 11 is 0. The molecule has 0 aliphatic heterocycles. The number of hydrogen-bond acceptors (Lipinski definition) is 2. The fraction of sp³-hybridized carbons (Fsp3) is 0.800. The molecule has 2 rings (SSSR count). The van der Waals surface area contributed by atoms with Gasteiger partial charge in [-0.2, -0.15) is 5.10 Å². The molecule has 3 heteroatoms. The van der Waals surface area contributed by atoms with Gasteiger partial charge < -0.3 is 5.32 Å². The average Bonchev–Trinajstić information content (AvgIpc) is 2.76. The van der Waals surface area contributed by atoms with Crippen LogP contribution in [0.2, 0.25) is 0 Å². The third kappa shape index (κ3) is 3.58. The second-order valence-corrected chi connectivity index (χ2v) is 5.83. The molecule has 0 saturated heterocycles. The van der Waals surface area contributed by atoms with E-state index in [4.69, 9.17) is 0 Å². The van der Waals surface area contributed by atoms with Gasteiger partial charge in [0, 0.05) is 30.4 Å². The maximum atomic E-state index is 4.36. The van der Waals surface area contributed by atoms with Gasteiger partial charge in [-0.05, 0) is 39.0 Å². The second kappa shape index (κ2) is 6.37. The minimum absolute atomic E-state index is 0.420. The number of aromatic nitrogens is 2. The Morgan fingerprint density at radius 3 is 2.94 bits per heavy atom. The van der Waals surface area contributed by atoms with E-state index in [1.165, 1.54) is 37.7 Å². The van der Waals surface area contributed by atoms with Crippen LogP contribution in [0.5, 0.6) is 0 Å². The van der Waals surface area contributed by atoms with E-state index in [-0.39, 0.29) is 0 Å². The molecule has 18 heavy (non-hydrogen) atoms. The van der Waals surface area contributed by atoms with Crippen molar-refractivity contribution in [1.29, 1.82) is 0 Å². The molecule has 0 aromatic carbocycles. The molecular weight excluding hydrogens is 222 g/mol. The van der Waals surface area contributed by atoms with Crippen LogP contribution in [0.1, 0.15) is 64.5 Å². The Morgan fingerprint density at radius 1 is 1.39 bits per heavy atom. The summed E-state index contributed by atoms with van der Waals surface area (Å²) in [5.41, 5.74) is 1.31. The Balaban J connectivity index is 1.88. The van der Waals surface area contributed by atoms with Gasteiger partial charge in [-0.15, -0.1) is 0 Å². The summed E-state index contributed by atoms with van der Waals surface area (Å²) in [6.45, 7) is 7.72. The minimum atomic E-state index is 0.420. The van der Waals surface area contributed by atoms with E-state index >= 15 is 0 Å². The first-order chi connectivity index (χ1) is 8.69. The zero-order valence-corrected chi connectivity index (χ0v) is 12.0. The molecule has 3 atom stereocenters. The largest absolute Gasteiger partial charge is 0.307 e. The minimum Gasteiger partial charge on any atom is -0.307 e. The Morgan fingerprint density at radius 2 is 2.22 bits per heavy atom. The molecular formula is C15H27N3. The van der Waals surface area contributed by atoms with Crippen molar-refractivity contribution in [2.75, 3.05) is 0 Å².